The van der Waals surface area contributed by atoms with Gasteiger partial charge in [0.05, 0.1) is 5.69 Å². The standard InChI is InChI=1S/C14H23N3/c1-10(15-13-8-6-5-7-9-13)14-11(2)16-17(4)12(14)3/h5-6,10,13,15H,7-9H2,1-4H3. The summed E-state index contributed by atoms with van der Waals surface area (Å²) in [6.45, 7) is 6.49. The Hall–Kier alpha value is -1.09. The van der Waals surface area contributed by atoms with E-state index in [1.165, 1.54) is 24.1 Å². The van der Waals surface area contributed by atoms with E-state index in [1.807, 2.05) is 11.7 Å². The molecule has 0 saturated carbocycles. The van der Waals surface area contributed by atoms with Gasteiger partial charge >= 0.3 is 0 Å². The first-order chi connectivity index (χ1) is 8.09. The molecule has 3 heteroatoms. The van der Waals surface area contributed by atoms with Crippen LogP contribution in [0.15, 0.2) is 12.2 Å². The summed E-state index contributed by atoms with van der Waals surface area (Å²) in [5.41, 5.74) is 3.78. The fourth-order valence-electron chi connectivity index (χ4n) is 2.80. The molecule has 2 rings (SSSR count). The molecule has 0 amide bonds. The summed E-state index contributed by atoms with van der Waals surface area (Å²) >= 11 is 0. The van der Waals surface area contributed by atoms with Gasteiger partial charge < -0.3 is 5.32 Å². The second-order valence-electron chi connectivity index (χ2n) is 5.08. The molecule has 0 saturated heterocycles. The third kappa shape index (κ3) is 2.60. The van der Waals surface area contributed by atoms with Crippen molar-refractivity contribution in [2.75, 3.05) is 0 Å². The van der Waals surface area contributed by atoms with Crippen molar-refractivity contribution in [2.45, 2.75) is 52.1 Å². The Labute approximate surface area is 104 Å². The zero-order valence-electron chi connectivity index (χ0n) is 11.3. The number of nitrogens with zero attached hydrogens (tertiary/aromatic N) is 2. The van der Waals surface area contributed by atoms with Crippen molar-refractivity contribution >= 4 is 0 Å². The van der Waals surface area contributed by atoms with Crippen molar-refractivity contribution in [1.29, 1.82) is 0 Å². The maximum Gasteiger partial charge on any atom is 0.0644 e. The molecule has 0 bridgehead atoms. The van der Waals surface area contributed by atoms with E-state index in [2.05, 4.69) is 43.3 Å². The average Bonchev–Trinajstić information content (AvgIpc) is 2.54. The molecule has 3 nitrogen and oxygen atoms in total. The van der Waals surface area contributed by atoms with Gasteiger partial charge in [-0.2, -0.15) is 5.10 Å². The van der Waals surface area contributed by atoms with E-state index in [4.69, 9.17) is 0 Å². The number of hydrogen-bond donors (Lipinski definition) is 1. The molecule has 2 atom stereocenters. The lowest BCUT2D eigenvalue weighted by molar-refractivity contribution is 0.424. The molecule has 0 aromatic carbocycles. The second-order valence-corrected chi connectivity index (χ2v) is 5.08. The fourth-order valence-corrected chi connectivity index (χ4v) is 2.80. The van der Waals surface area contributed by atoms with E-state index >= 15 is 0 Å². The van der Waals surface area contributed by atoms with Crippen LogP contribution < -0.4 is 5.32 Å². The topological polar surface area (TPSA) is 29.9 Å². The van der Waals surface area contributed by atoms with Crippen molar-refractivity contribution in [3.05, 3.63) is 29.1 Å². The Morgan fingerprint density at radius 2 is 2.18 bits per heavy atom. The third-order valence-electron chi connectivity index (χ3n) is 3.75. The molecule has 1 aliphatic carbocycles. The molecule has 0 spiro atoms. The van der Waals surface area contributed by atoms with Gasteiger partial charge in [-0.05, 0) is 40.0 Å². The van der Waals surface area contributed by atoms with Crippen LogP contribution >= 0.6 is 0 Å². The molecule has 1 aromatic rings. The first-order valence-electron chi connectivity index (χ1n) is 6.50. The maximum absolute atomic E-state index is 4.49. The molecule has 1 N–H and O–H groups in total. The van der Waals surface area contributed by atoms with Crippen LogP contribution in [0.1, 0.15) is 49.2 Å². The highest BCUT2D eigenvalue weighted by Gasteiger charge is 2.19. The molecule has 0 radical (unpaired) electrons. The predicted molar refractivity (Wildman–Crippen MR) is 71.0 cm³/mol. The van der Waals surface area contributed by atoms with E-state index in [0.717, 1.165) is 12.1 Å². The van der Waals surface area contributed by atoms with E-state index in [9.17, 15) is 0 Å². The van der Waals surface area contributed by atoms with Gasteiger partial charge in [0.15, 0.2) is 0 Å². The Morgan fingerprint density at radius 1 is 1.41 bits per heavy atom. The van der Waals surface area contributed by atoms with Crippen LogP contribution in [-0.4, -0.2) is 15.8 Å². The molecular weight excluding hydrogens is 210 g/mol. The van der Waals surface area contributed by atoms with Gasteiger partial charge in [0.2, 0.25) is 0 Å². The summed E-state index contributed by atoms with van der Waals surface area (Å²) in [6, 6.07) is 1.01. The van der Waals surface area contributed by atoms with Crippen molar-refractivity contribution in [2.24, 2.45) is 7.05 Å². The van der Waals surface area contributed by atoms with E-state index in [0.29, 0.717) is 12.1 Å². The van der Waals surface area contributed by atoms with Gasteiger partial charge in [-0.3, -0.25) is 4.68 Å². The van der Waals surface area contributed by atoms with Crippen molar-refractivity contribution < 1.29 is 0 Å². The zero-order chi connectivity index (χ0) is 12.4. The molecule has 2 unspecified atom stereocenters. The first kappa shape index (κ1) is 12.4. The average molecular weight is 233 g/mol. The smallest absolute Gasteiger partial charge is 0.0644 e. The lowest BCUT2D eigenvalue weighted by Crippen LogP contribution is -2.32. The van der Waals surface area contributed by atoms with E-state index in [1.54, 1.807) is 0 Å². The molecule has 0 aliphatic heterocycles. The number of rotatable bonds is 3. The minimum absolute atomic E-state index is 0.389. The highest BCUT2D eigenvalue weighted by Crippen LogP contribution is 2.23. The summed E-state index contributed by atoms with van der Waals surface area (Å²) < 4.78 is 1.98. The highest BCUT2D eigenvalue weighted by molar-refractivity contribution is 5.27. The number of aryl methyl sites for hydroxylation is 2. The van der Waals surface area contributed by atoms with Crippen molar-refractivity contribution in [1.82, 2.24) is 15.1 Å². The fraction of sp³-hybridized carbons (Fsp3) is 0.643. The van der Waals surface area contributed by atoms with Crippen molar-refractivity contribution in [3.63, 3.8) is 0 Å². The minimum atomic E-state index is 0.389. The van der Waals surface area contributed by atoms with Crippen LogP contribution in [0.25, 0.3) is 0 Å². The Balaban J connectivity index is 2.08. The van der Waals surface area contributed by atoms with Gasteiger partial charge in [0.1, 0.15) is 0 Å². The first-order valence-corrected chi connectivity index (χ1v) is 6.50. The quantitative estimate of drug-likeness (QED) is 0.814. The summed E-state index contributed by atoms with van der Waals surface area (Å²) in [5, 5.41) is 8.21. The van der Waals surface area contributed by atoms with E-state index in [-0.39, 0.29) is 0 Å². The maximum atomic E-state index is 4.49. The highest BCUT2D eigenvalue weighted by atomic mass is 15.3. The molecule has 17 heavy (non-hydrogen) atoms. The Bertz CT molecular complexity index is 417. The summed E-state index contributed by atoms with van der Waals surface area (Å²) in [4.78, 5) is 0. The predicted octanol–water partition coefficient (Wildman–Crippen LogP) is 2.80. The number of hydrogen-bond acceptors (Lipinski definition) is 2. The monoisotopic (exact) mass is 233 g/mol. The van der Waals surface area contributed by atoms with E-state index < -0.39 is 0 Å². The summed E-state index contributed by atoms with van der Waals surface area (Å²) in [7, 11) is 2.02. The van der Waals surface area contributed by atoms with Crippen LogP contribution in [0.2, 0.25) is 0 Å². The van der Waals surface area contributed by atoms with Crippen LogP contribution in [0.3, 0.4) is 0 Å². The van der Waals surface area contributed by atoms with Crippen LogP contribution in [0.4, 0.5) is 0 Å². The lowest BCUT2D eigenvalue weighted by atomic mass is 9.99. The molecule has 1 heterocycles. The summed E-state index contributed by atoms with van der Waals surface area (Å²) in [6.07, 6.45) is 8.18. The largest absolute Gasteiger partial charge is 0.307 e. The molecule has 1 aromatic heterocycles. The molecule has 1 aliphatic rings. The van der Waals surface area contributed by atoms with Crippen LogP contribution in [0.5, 0.6) is 0 Å². The number of nitrogens with one attached hydrogen (secondary N) is 1. The second kappa shape index (κ2) is 5.05. The number of allylic oxidation sites excluding steroid dienone is 1. The Kier molecular flexibility index (Phi) is 3.67. The molecular formula is C14H23N3. The van der Waals surface area contributed by atoms with Gasteiger partial charge in [-0.25, -0.2) is 0 Å². The van der Waals surface area contributed by atoms with Gasteiger partial charge in [0, 0.05) is 30.4 Å². The SMILES string of the molecule is Cc1nn(C)c(C)c1C(C)NC1CC=CCC1. The van der Waals surface area contributed by atoms with Gasteiger partial charge in [-0.15, -0.1) is 0 Å². The van der Waals surface area contributed by atoms with Crippen LogP contribution in [0, 0.1) is 13.8 Å². The third-order valence-corrected chi connectivity index (χ3v) is 3.75. The zero-order valence-corrected chi connectivity index (χ0v) is 11.3. The Morgan fingerprint density at radius 3 is 2.71 bits per heavy atom. The van der Waals surface area contributed by atoms with Gasteiger partial charge in [-0.1, -0.05) is 12.2 Å². The minimum Gasteiger partial charge on any atom is -0.307 e. The summed E-state index contributed by atoms with van der Waals surface area (Å²) in [5.74, 6) is 0. The van der Waals surface area contributed by atoms with Crippen molar-refractivity contribution in [3.8, 4) is 0 Å². The molecule has 94 valence electrons. The molecule has 0 fully saturated rings. The van der Waals surface area contributed by atoms with Crippen LogP contribution in [-0.2, 0) is 7.05 Å². The van der Waals surface area contributed by atoms with Gasteiger partial charge in [0.25, 0.3) is 0 Å². The number of aromatic nitrogens is 2. The lowest BCUT2D eigenvalue weighted by Gasteiger charge is -2.24. The normalized spacial score (nSPS) is 21.8.